The second kappa shape index (κ2) is 24.0. The van der Waals surface area contributed by atoms with Crippen molar-refractivity contribution in [3.63, 3.8) is 0 Å². The van der Waals surface area contributed by atoms with Gasteiger partial charge in [0, 0.05) is 4.90 Å². The fourth-order valence-corrected chi connectivity index (χ4v) is 8.03. The molecule has 0 saturated heterocycles. The lowest BCUT2D eigenvalue weighted by atomic mass is 9.96. The second-order valence-electron chi connectivity index (χ2n) is 11.0. The number of unbranched alkanes of at least 4 members (excludes halogenated alkanes) is 20. The minimum absolute atomic E-state index is 1.00. The average molecular weight is 571 g/mol. The molecule has 37 heavy (non-hydrogen) atoms. The third-order valence-electron chi connectivity index (χ3n) is 7.53. The van der Waals surface area contributed by atoms with Crippen molar-refractivity contribution in [2.45, 2.75) is 173 Å². The van der Waals surface area contributed by atoms with E-state index in [9.17, 15) is 9.79 Å². The van der Waals surface area contributed by atoms with E-state index in [0.29, 0.717) is 0 Å². The second-order valence-corrected chi connectivity index (χ2v) is 16.9. The van der Waals surface area contributed by atoms with Crippen molar-refractivity contribution in [2.75, 3.05) is 0 Å². The van der Waals surface area contributed by atoms with E-state index < -0.39 is 5.69 Å². The lowest BCUT2D eigenvalue weighted by Gasteiger charge is -2.16. The molecular formula is C32H59O2PS2. The van der Waals surface area contributed by atoms with E-state index in [1.165, 1.54) is 152 Å². The summed E-state index contributed by atoms with van der Waals surface area (Å²) in [6.07, 6.45) is 31.9. The van der Waals surface area contributed by atoms with Gasteiger partial charge in [-0.05, 0) is 66.1 Å². The average Bonchev–Trinajstić information content (AvgIpc) is 2.86. The number of rotatable bonds is 26. The first-order chi connectivity index (χ1) is 18.0. The Balaban J connectivity index is 2.36. The zero-order chi connectivity index (χ0) is 27.0. The highest BCUT2D eigenvalue weighted by molar-refractivity contribution is 8.67. The normalized spacial score (nSPS) is 11.9. The molecule has 2 N–H and O–H groups in total. The van der Waals surface area contributed by atoms with Gasteiger partial charge < -0.3 is 9.79 Å². The Morgan fingerprint density at radius 3 is 1.35 bits per heavy atom. The fraction of sp³-hybridized carbons (Fsp3) is 0.812. The molecule has 0 bridgehead atoms. The molecule has 0 heterocycles. The van der Waals surface area contributed by atoms with Crippen LogP contribution >= 0.6 is 17.1 Å². The van der Waals surface area contributed by atoms with Crippen LogP contribution in [0.1, 0.15) is 166 Å². The van der Waals surface area contributed by atoms with Gasteiger partial charge in [-0.25, -0.2) is 0 Å². The summed E-state index contributed by atoms with van der Waals surface area (Å²) in [5, 5.41) is 0. The van der Waals surface area contributed by atoms with Crippen LogP contribution in [0.25, 0.3) is 0 Å². The molecule has 0 saturated carbocycles. The fourth-order valence-electron chi connectivity index (χ4n) is 5.29. The highest BCUT2D eigenvalue weighted by atomic mass is 32.9. The maximum absolute atomic E-state index is 9.97. The highest BCUT2D eigenvalue weighted by Crippen LogP contribution is 2.56. The lowest BCUT2D eigenvalue weighted by molar-refractivity contribution is 0.502. The molecule has 0 spiro atoms. The number of hydrogen-bond acceptors (Lipinski definition) is 2. The van der Waals surface area contributed by atoms with Gasteiger partial charge in [0.15, 0.2) is 0 Å². The first-order valence-corrected chi connectivity index (χ1v) is 20.0. The minimum Gasteiger partial charge on any atom is -0.337 e. The highest BCUT2D eigenvalue weighted by Gasteiger charge is 2.16. The van der Waals surface area contributed by atoms with E-state index in [1.54, 1.807) is 0 Å². The molecule has 216 valence electrons. The molecule has 0 fully saturated rings. The monoisotopic (exact) mass is 570 g/mol. The largest absolute Gasteiger partial charge is 0.337 e. The molecule has 0 atom stereocenters. The van der Waals surface area contributed by atoms with E-state index in [0.717, 1.165) is 29.1 Å². The third kappa shape index (κ3) is 20.7. The Kier molecular flexibility index (Phi) is 22.8. The van der Waals surface area contributed by atoms with Crippen molar-refractivity contribution >= 4 is 28.9 Å². The van der Waals surface area contributed by atoms with Gasteiger partial charge in [-0.15, -0.1) is 0 Å². The summed E-state index contributed by atoms with van der Waals surface area (Å²) in [7, 11) is 0. The topological polar surface area (TPSA) is 40.5 Å². The molecule has 0 unspecified atom stereocenters. The van der Waals surface area contributed by atoms with E-state index in [-0.39, 0.29) is 0 Å². The van der Waals surface area contributed by atoms with Crippen molar-refractivity contribution in [1.82, 2.24) is 0 Å². The van der Waals surface area contributed by atoms with Crippen LogP contribution in [0.5, 0.6) is 0 Å². The smallest absolute Gasteiger partial charge is 0.246 e. The maximum atomic E-state index is 9.97. The first kappa shape index (κ1) is 35.2. The van der Waals surface area contributed by atoms with Crippen molar-refractivity contribution in [3.8, 4) is 0 Å². The first-order valence-electron chi connectivity index (χ1n) is 15.8. The van der Waals surface area contributed by atoms with Crippen molar-refractivity contribution in [1.29, 1.82) is 0 Å². The van der Waals surface area contributed by atoms with E-state index in [4.69, 9.17) is 11.8 Å². The van der Waals surface area contributed by atoms with Gasteiger partial charge in [0.1, 0.15) is 0 Å². The Hall–Kier alpha value is 0.140. The van der Waals surface area contributed by atoms with Gasteiger partial charge in [0.05, 0.1) is 0 Å². The van der Waals surface area contributed by atoms with Gasteiger partial charge in [-0.1, -0.05) is 154 Å². The van der Waals surface area contributed by atoms with Crippen molar-refractivity contribution in [3.05, 3.63) is 29.3 Å². The number of hydrogen-bond donors (Lipinski definition) is 2. The van der Waals surface area contributed by atoms with Crippen LogP contribution in [0.3, 0.4) is 0 Å². The van der Waals surface area contributed by atoms with Crippen LogP contribution in [-0.4, -0.2) is 9.79 Å². The van der Waals surface area contributed by atoms with Gasteiger partial charge in [0.2, 0.25) is 5.69 Å². The van der Waals surface area contributed by atoms with Crippen LogP contribution in [-0.2, 0) is 24.6 Å². The van der Waals surface area contributed by atoms with Crippen LogP contribution in [0.4, 0.5) is 0 Å². The third-order valence-corrected chi connectivity index (χ3v) is 10.3. The van der Waals surface area contributed by atoms with E-state index in [1.807, 2.05) is 6.07 Å². The molecule has 0 aliphatic carbocycles. The van der Waals surface area contributed by atoms with E-state index in [2.05, 4.69) is 26.0 Å². The van der Waals surface area contributed by atoms with Gasteiger partial charge in [-0.2, -0.15) is 0 Å². The lowest BCUT2D eigenvalue weighted by Crippen LogP contribution is -1.98. The van der Waals surface area contributed by atoms with Crippen molar-refractivity contribution < 1.29 is 9.79 Å². The zero-order valence-corrected chi connectivity index (χ0v) is 26.9. The number of benzene rings is 1. The van der Waals surface area contributed by atoms with E-state index >= 15 is 0 Å². The molecule has 0 aliphatic heterocycles. The van der Waals surface area contributed by atoms with Crippen LogP contribution in [0, 0.1) is 0 Å². The molecule has 0 amide bonds. The molecule has 5 heteroatoms. The SMILES string of the molecule is CCCCCCCCCCCCCc1cccc(SP(O)(O)=S)c1CCCCCCCCCCCCC. The summed E-state index contributed by atoms with van der Waals surface area (Å²) >= 11 is 6.09. The summed E-state index contributed by atoms with van der Waals surface area (Å²) in [5.74, 6) is 0. The van der Waals surface area contributed by atoms with Crippen molar-refractivity contribution in [2.24, 2.45) is 0 Å². The molecule has 0 radical (unpaired) electrons. The standard InChI is InChI=1S/C32H59O2PS2/c1-3-5-7-9-11-13-15-17-19-21-23-26-30-27-25-29-32(37-35(33,34)36)31(30)28-24-22-20-18-16-14-12-10-8-6-4-2/h25,27,29H,3-24,26,28H2,1-2H3,(H2,33,34,36). The Labute approximate surface area is 240 Å². The van der Waals surface area contributed by atoms with Crippen LogP contribution in [0.15, 0.2) is 23.1 Å². The Morgan fingerprint density at radius 2 is 0.946 bits per heavy atom. The summed E-state index contributed by atoms with van der Waals surface area (Å²) in [6.45, 7) is 4.56. The Bertz CT molecular complexity index is 704. The van der Waals surface area contributed by atoms with Gasteiger partial charge in [0.25, 0.3) is 0 Å². The summed E-state index contributed by atoms with van der Waals surface area (Å²) in [4.78, 5) is 20.9. The molecule has 0 aliphatic rings. The number of aryl methyl sites for hydroxylation is 1. The maximum Gasteiger partial charge on any atom is 0.246 e. The zero-order valence-electron chi connectivity index (χ0n) is 24.4. The van der Waals surface area contributed by atoms with Gasteiger partial charge in [-0.3, -0.25) is 0 Å². The molecule has 1 aromatic rings. The summed E-state index contributed by atoms with van der Waals surface area (Å²) in [6, 6.07) is 6.37. The molecule has 2 nitrogen and oxygen atoms in total. The Morgan fingerprint density at radius 1 is 0.568 bits per heavy atom. The molecular weight excluding hydrogens is 511 g/mol. The molecule has 1 rings (SSSR count). The van der Waals surface area contributed by atoms with Crippen LogP contribution in [0.2, 0.25) is 0 Å². The minimum atomic E-state index is -3.31. The summed E-state index contributed by atoms with van der Waals surface area (Å²) in [5.41, 5.74) is -0.583. The predicted octanol–water partition coefficient (Wildman–Crippen LogP) is 11.7. The summed E-state index contributed by atoms with van der Waals surface area (Å²) < 4.78 is 0. The predicted molar refractivity (Wildman–Crippen MR) is 171 cm³/mol. The quantitative estimate of drug-likeness (QED) is 0.0858. The molecule has 1 aromatic carbocycles. The molecule has 0 aromatic heterocycles. The van der Waals surface area contributed by atoms with Gasteiger partial charge >= 0.3 is 0 Å². The van der Waals surface area contributed by atoms with Crippen LogP contribution < -0.4 is 0 Å².